The van der Waals surface area contributed by atoms with E-state index >= 15 is 0 Å². The number of sulfone groups is 1. The first kappa shape index (κ1) is 18.2. The summed E-state index contributed by atoms with van der Waals surface area (Å²) in [7, 11) is -3.38. The Labute approximate surface area is 144 Å². The molecule has 24 heavy (non-hydrogen) atoms. The Morgan fingerprint density at radius 1 is 1.21 bits per heavy atom. The summed E-state index contributed by atoms with van der Waals surface area (Å²) in [5.41, 5.74) is 0.545. The number of esters is 1. The van der Waals surface area contributed by atoms with Crippen molar-refractivity contribution in [2.45, 2.75) is 18.7 Å². The monoisotopic (exact) mass is 371 g/mol. The minimum atomic E-state index is -3.38. The number of hydrogen-bond acceptors (Lipinski definition) is 5. The molecular weight excluding hydrogens is 357 g/mol. The van der Waals surface area contributed by atoms with Gasteiger partial charge in [0.05, 0.1) is 27.0 Å². The van der Waals surface area contributed by atoms with Crippen LogP contribution in [0.4, 0.5) is 15.8 Å². The summed E-state index contributed by atoms with van der Waals surface area (Å²) in [4.78, 5) is 11.2. The molecule has 0 bridgehead atoms. The van der Waals surface area contributed by atoms with Crippen molar-refractivity contribution in [3.05, 3.63) is 47.2 Å². The first-order valence-electron chi connectivity index (χ1n) is 7.00. The molecule has 0 aliphatic heterocycles. The second kappa shape index (κ2) is 7.19. The van der Waals surface area contributed by atoms with Gasteiger partial charge in [0.25, 0.3) is 0 Å². The molecule has 2 rings (SSSR count). The first-order chi connectivity index (χ1) is 11.2. The molecule has 0 fully saturated rings. The summed E-state index contributed by atoms with van der Waals surface area (Å²) in [6.45, 7) is 2.76. The van der Waals surface area contributed by atoms with E-state index in [1.54, 1.807) is 0 Å². The quantitative estimate of drug-likeness (QED) is 0.636. The molecule has 0 spiro atoms. The molecule has 0 saturated carbocycles. The third-order valence-electron chi connectivity index (χ3n) is 3.14. The Balaban J connectivity index is 2.38. The summed E-state index contributed by atoms with van der Waals surface area (Å²) in [6.07, 6.45) is 0. The third kappa shape index (κ3) is 4.24. The molecular formula is C16H15ClFNO4S. The molecule has 0 aliphatic rings. The lowest BCUT2D eigenvalue weighted by atomic mass is 10.2. The van der Waals surface area contributed by atoms with Crippen LogP contribution in [0.5, 0.6) is 5.75 Å². The average molecular weight is 372 g/mol. The molecule has 5 nitrogen and oxygen atoms in total. The third-order valence-corrected chi connectivity index (χ3v) is 5.19. The van der Waals surface area contributed by atoms with Crippen LogP contribution in [0, 0.1) is 5.82 Å². The van der Waals surface area contributed by atoms with E-state index in [0.717, 1.165) is 12.1 Å². The van der Waals surface area contributed by atoms with Crippen LogP contribution in [-0.4, -0.2) is 20.1 Å². The van der Waals surface area contributed by atoms with Crippen molar-refractivity contribution in [2.75, 3.05) is 11.1 Å². The van der Waals surface area contributed by atoms with E-state index in [0.29, 0.717) is 5.69 Å². The van der Waals surface area contributed by atoms with E-state index in [1.165, 1.54) is 38.1 Å². The molecule has 1 N–H and O–H groups in total. The van der Waals surface area contributed by atoms with Crippen LogP contribution < -0.4 is 10.1 Å². The molecule has 0 amide bonds. The minimum absolute atomic E-state index is 0.0450. The largest absolute Gasteiger partial charge is 0.424 e. The van der Waals surface area contributed by atoms with Gasteiger partial charge < -0.3 is 10.1 Å². The highest BCUT2D eigenvalue weighted by Gasteiger charge is 2.15. The fourth-order valence-corrected chi connectivity index (χ4v) is 3.14. The predicted octanol–water partition coefficient (Wildman–Crippen LogP) is 3.94. The van der Waals surface area contributed by atoms with Crippen molar-refractivity contribution >= 4 is 38.8 Å². The summed E-state index contributed by atoms with van der Waals surface area (Å²) < 4.78 is 42.2. The number of halogens is 2. The molecule has 0 radical (unpaired) electrons. The highest BCUT2D eigenvalue weighted by molar-refractivity contribution is 7.91. The van der Waals surface area contributed by atoms with Gasteiger partial charge in [-0.2, -0.15) is 0 Å². The second-order valence-corrected chi connectivity index (χ2v) is 7.59. The number of hydrogen-bond donors (Lipinski definition) is 1. The second-order valence-electron chi connectivity index (χ2n) is 4.90. The average Bonchev–Trinajstić information content (AvgIpc) is 2.51. The maximum absolute atomic E-state index is 13.5. The molecule has 0 atom stereocenters. The van der Waals surface area contributed by atoms with Crippen molar-refractivity contribution in [1.82, 2.24) is 0 Å². The van der Waals surface area contributed by atoms with Crippen LogP contribution in [0.25, 0.3) is 0 Å². The lowest BCUT2D eigenvalue weighted by Crippen LogP contribution is -2.06. The van der Waals surface area contributed by atoms with Gasteiger partial charge in [-0.3, -0.25) is 4.79 Å². The van der Waals surface area contributed by atoms with Crippen LogP contribution in [0.15, 0.2) is 41.3 Å². The number of ether oxygens (including phenoxy) is 1. The van der Waals surface area contributed by atoms with Crippen LogP contribution >= 0.6 is 11.6 Å². The van der Waals surface area contributed by atoms with E-state index in [9.17, 15) is 17.6 Å². The lowest BCUT2D eigenvalue weighted by Gasteiger charge is -2.13. The zero-order chi connectivity index (χ0) is 17.9. The fourth-order valence-electron chi connectivity index (χ4n) is 1.95. The molecule has 0 aromatic heterocycles. The van der Waals surface area contributed by atoms with E-state index in [4.69, 9.17) is 16.3 Å². The lowest BCUT2D eigenvalue weighted by molar-refractivity contribution is -0.131. The van der Waals surface area contributed by atoms with Crippen LogP contribution in [0.1, 0.15) is 13.8 Å². The van der Waals surface area contributed by atoms with Gasteiger partial charge in [0.1, 0.15) is 5.82 Å². The summed E-state index contributed by atoms with van der Waals surface area (Å²) >= 11 is 6.11. The molecule has 0 unspecified atom stereocenters. The van der Waals surface area contributed by atoms with Gasteiger partial charge in [-0.25, -0.2) is 12.8 Å². The van der Waals surface area contributed by atoms with Gasteiger partial charge in [0, 0.05) is 13.0 Å². The van der Waals surface area contributed by atoms with Crippen LogP contribution in [-0.2, 0) is 14.6 Å². The Morgan fingerprint density at radius 2 is 1.92 bits per heavy atom. The SMILES string of the molecule is CCS(=O)(=O)c1ccc(Nc2cc(F)ccc2OC(C)=O)c(Cl)c1. The summed E-state index contributed by atoms with van der Waals surface area (Å²) in [5.74, 6) is -1.00. The number of benzene rings is 2. The molecule has 0 saturated heterocycles. The van der Waals surface area contributed by atoms with E-state index in [-0.39, 0.29) is 27.1 Å². The zero-order valence-corrected chi connectivity index (χ0v) is 14.5. The smallest absolute Gasteiger partial charge is 0.308 e. The fraction of sp³-hybridized carbons (Fsp3) is 0.188. The Hall–Kier alpha value is -2.12. The van der Waals surface area contributed by atoms with Crippen molar-refractivity contribution in [3.8, 4) is 5.75 Å². The molecule has 2 aromatic rings. The Bertz CT molecular complexity index is 884. The number of carbonyl (C=O) groups is 1. The highest BCUT2D eigenvalue weighted by atomic mass is 35.5. The van der Waals surface area contributed by atoms with Crippen molar-refractivity contribution < 1.29 is 22.3 Å². The van der Waals surface area contributed by atoms with E-state index in [2.05, 4.69) is 5.32 Å². The predicted molar refractivity (Wildman–Crippen MR) is 90.2 cm³/mol. The van der Waals surface area contributed by atoms with Gasteiger partial charge in [-0.05, 0) is 30.3 Å². The van der Waals surface area contributed by atoms with E-state index in [1.807, 2.05) is 0 Å². The molecule has 0 aliphatic carbocycles. The summed E-state index contributed by atoms with van der Waals surface area (Å²) in [5, 5.41) is 2.98. The number of anilines is 2. The normalized spacial score (nSPS) is 11.2. The van der Waals surface area contributed by atoms with Crippen molar-refractivity contribution in [3.63, 3.8) is 0 Å². The molecule has 128 valence electrons. The van der Waals surface area contributed by atoms with Gasteiger partial charge in [0.2, 0.25) is 0 Å². The zero-order valence-electron chi connectivity index (χ0n) is 13.0. The number of rotatable bonds is 5. The number of nitrogens with one attached hydrogen (secondary N) is 1. The minimum Gasteiger partial charge on any atom is -0.424 e. The van der Waals surface area contributed by atoms with Crippen LogP contribution in [0.3, 0.4) is 0 Å². The summed E-state index contributed by atoms with van der Waals surface area (Å²) in [6, 6.07) is 7.79. The molecule has 2 aromatic carbocycles. The van der Waals surface area contributed by atoms with E-state index < -0.39 is 21.6 Å². The standard InChI is InChI=1S/C16H15ClFNO4S/c1-3-24(21,22)12-5-6-14(13(17)9-12)19-15-8-11(18)4-7-16(15)23-10(2)20/h4-9,19H,3H2,1-2H3. The first-order valence-corrected chi connectivity index (χ1v) is 9.03. The topological polar surface area (TPSA) is 72.5 Å². The Kier molecular flexibility index (Phi) is 5.46. The van der Waals surface area contributed by atoms with Gasteiger partial charge in [0.15, 0.2) is 15.6 Å². The van der Waals surface area contributed by atoms with Gasteiger partial charge in [-0.15, -0.1) is 0 Å². The van der Waals surface area contributed by atoms with Crippen molar-refractivity contribution in [1.29, 1.82) is 0 Å². The van der Waals surface area contributed by atoms with Gasteiger partial charge >= 0.3 is 5.97 Å². The van der Waals surface area contributed by atoms with Gasteiger partial charge in [-0.1, -0.05) is 18.5 Å². The molecule has 8 heteroatoms. The maximum Gasteiger partial charge on any atom is 0.308 e. The number of carbonyl (C=O) groups excluding carboxylic acids is 1. The van der Waals surface area contributed by atoms with Crippen molar-refractivity contribution in [2.24, 2.45) is 0 Å². The molecule has 0 heterocycles. The van der Waals surface area contributed by atoms with Crippen LogP contribution in [0.2, 0.25) is 5.02 Å². The maximum atomic E-state index is 13.5. The Morgan fingerprint density at radius 3 is 2.50 bits per heavy atom. The highest BCUT2D eigenvalue weighted by Crippen LogP contribution is 2.33.